The zero-order valence-corrected chi connectivity index (χ0v) is 22.4. The third kappa shape index (κ3) is 5.29. The first-order valence-electron chi connectivity index (χ1n) is 12.6. The number of morpholine rings is 1. The number of aliphatic hydroxyl groups excluding tert-OH is 1. The second kappa shape index (κ2) is 11.5. The van der Waals surface area contributed by atoms with Crippen molar-refractivity contribution in [1.29, 1.82) is 0 Å². The number of aliphatic hydroxyl groups is 1. The predicted molar refractivity (Wildman–Crippen MR) is 144 cm³/mol. The van der Waals surface area contributed by atoms with Crippen LogP contribution in [0.15, 0.2) is 79.0 Å². The molecular weight excluding hydrogens is 468 g/mol. The van der Waals surface area contributed by atoms with Crippen molar-refractivity contribution in [1.82, 2.24) is 9.88 Å². The van der Waals surface area contributed by atoms with Gasteiger partial charge in [-0.25, -0.2) is 0 Å². The Hall–Kier alpha value is -2.84. The Morgan fingerprint density at radius 2 is 1.69 bits per heavy atom. The summed E-state index contributed by atoms with van der Waals surface area (Å²) in [7, 11) is -2.67. The summed E-state index contributed by atoms with van der Waals surface area (Å²) in [4.78, 5) is 19.7. The molecule has 36 heavy (non-hydrogen) atoms. The summed E-state index contributed by atoms with van der Waals surface area (Å²) in [5.74, 6) is -0.120. The number of carbonyl (C=O) groups is 1. The molecule has 0 radical (unpaired) electrons. The minimum Gasteiger partial charge on any atom is -0.407 e. The van der Waals surface area contributed by atoms with E-state index in [0.717, 1.165) is 0 Å². The number of pyridine rings is 1. The van der Waals surface area contributed by atoms with Crippen molar-refractivity contribution in [3.63, 3.8) is 0 Å². The lowest BCUT2D eigenvalue weighted by Gasteiger charge is -2.43. The zero-order valence-electron chi connectivity index (χ0n) is 21.4. The van der Waals surface area contributed by atoms with E-state index in [1.807, 2.05) is 18.2 Å². The highest BCUT2D eigenvalue weighted by Crippen LogP contribution is 2.36. The summed E-state index contributed by atoms with van der Waals surface area (Å²) >= 11 is 0. The standard InChI is InChI=1S/C29H36N2O4Si/c1-29(2,3)36(24-11-6-4-7-12-24,25-13-8-5-9-14-25)35-19-16-27-26(15-10-17-30-27)28(33)31-18-20-34-22-23(31)21-32/h4-15,17,23,32H,16,18-22H2,1-3H3/t23-/m1/s1. The number of amides is 1. The predicted octanol–water partition coefficient (Wildman–Crippen LogP) is 3.03. The molecule has 2 aromatic carbocycles. The molecule has 1 atom stereocenters. The van der Waals surface area contributed by atoms with Crippen LogP contribution < -0.4 is 10.4 Å². The second-order valence-electron chi connectivity index (χ2n) is 10.2. The molecular formula is C29H36N2O4Si. The number of aromatic nitrogens is 1. The number of hydrogen-bond donors (Lipinski definition) is 1. The van der Waals surface area contributed by atoms with Gasteiger partial charge in [0.1, 0.15) is 0 Å². The highest BCUT2D eigenvalue weighted by Gasteiger charge is 2.50. The summed E-state index contributed by atoms with van der Waals surface area (Å²) in [5.41, 5.74) is 1.27. The van der Waals surface area contributed by atoms with Crippen molar-refractivity contribution in [3.8, 4) is 0 Å². The lowest BCUT2D eigenvalue weighted by Crippen LogP contribution is -2.66. The fraction of sp³-hybridized carbons (Fsp3) is 0.379. The maximum Gasteiger partial charge on any atom is 0.261 e. The third-order valence-corrected chi connectivity index (χ3v) is 11.9. The van der Waals surface area contributed by atoms with E-state index in [4.69, 9.17) is 9.16 Å². The van der Waals surface area contributed by atoms with E-state index in [9.17, 15) is 9.90 Å². The molecule has 0 unspecified atom stereocenters. The Kier molecular flexibility index (Phi) is 8.36. The number of rotatable bonds is 8. The molecule has 7 heteroatoms. The maximum absolute atomic E-state index is 13.4. The number of hydrogen-bond acceptors (Lipinski definition) is 5. The van der Waals surface area contributed by atoms with Crippen molar-refractivity contribution in [3.05, 3.63) is 90.3 Å². The van der Waals surface area contributed by atoms with Gasteiger partial charge in [0.15, 0.2) is 0 Å². The normalized spacial score (nSPS) is 16.7. The van der Waals surface area contributed by atoms with Crippen LogP contribution >= 0.6 is 0 Å². The Labute approximate surface area is 215 Å². The van der Waals surface area contributed by atoms with Crippen LogP contribution in [-0.4, -0.2) is 68.2 Å². The Morgan fingerprint density at radius 3 is 2.28 bits per heavy atom. The lowest BCUT2D eigenvalue weighted by molar-refractivity contribution is -0.0184. The molecule has 0 spiro atoms. The minimum absolute atomic E-state index is 0.120. The molecule has 1 saturated heterocycles. The van der Waals surface area contributed by atoms with Crippen LogP contribution in [0.4, 0.5) is 0 Å². The molecule has 6 nitrogen and oxygen atoms in total. The summed E-state index contributed by atoms with van der Waals surface area (Å²) in [5, 5.41) is 12.1. The molecule has 0 bridgehead atoms. The highest BCUT2D eigenvalue weighted by molar-refractivity contribution is 6.99. The summed E-state index contributed by atoms with van der Waals surface area (Å²) in [6.07, 6.45) is 2.23. The van der Waals surface area contributed by atoms with Gasteiger partial charge >= 0.3 is 0 Å². The first-order valence-corrected chi connectivity index (χ1v) is 14.5. The van der Waals surface area contributed by atoms with Crippen LogP contribution in [0, 0.1) is 0 Å². The van der Waals surface area contributed by atoms with Gasteiger partial charge in [-0.15, -0.1) is 0 Å². The van der Waals surface area contributed by atoms with Crippen molar-refractivity contribution in [2.24, 2.45) is 0 Å². The first-order chi connectivity index (χ1) is 17.4. The summed E-state index contributed by atoms with van der Waals surface area (Å²) < 4.78 is 12.5. The van der Waals surface area contributed by atoms with E-state index in [2.05, 4.69) is 74.3 Å². The molecule has 1 aliphatic rings. The topological polar surface area (TPSA) is 71.9 Å². The molecule has 0 saturated carbocycles. The van der Waals surface area contributed by atoms with E-state index >= 15 is 0 Å². The molecule has 1 fully saturated rings. The molecule has 1 aromatic heterocycles. The minimum atomic E-state index is -2.67. The maximum atomic E-state index is 13.4. The fourth-order valence-corrected chi connectivity index (χ4v) is 9.69. The van der Waals surface area contributed by atoms with Gasteiger partial charge in [0.25, 0.3) is 14.2 Å². The van der Waals surface area contributed by atoms with Crippen LogP contribution in [-0.2, 0) is 15.6 Å². The first kappa shape index (κ1) is 26.2. The monoisotopic (exact) mass is 504 g/mol. The van der Waals surface area contributed by atoms with Gasteiger partial charge in [-0.3, -0.25) is 9.78 Å². The molecule has 1 N–H and O–H groups in total. The van der Waals surface area contributed by atoms with E-state index in [1.165, 1.54) is 10.4 Å². The van der Waals surface area contributed by atoms with Crippen LogP contribution in [0.3, 0.4) is 0 Å². The van der Waals surface area contributed by atoms with E-state index < -0.39 is 8.32 Å². The average molecular weight is 505 g/mol. The van der Waals surface area contributed by atoms with E-state index in [0.29, 0.717) is 44.0 Å². The molecule has 0 aliphatic carbocycles. The Bertz CT molecular complexity index is 1100. The van der Waals surface area contributed by atoms with Crippen LogP contribution in [0.25, 0.3) is 0 Å². The highest BCUT2D eigenvalue weighted by atomic mass is 28.4. The summed E-state index contributed by atoms with van der Waals surface area (Å²) in [6.45, 7) is 8.34. The van der Waals surface area contributed by atoms with Gasteiger partial charge in [0, 0.05) is 25.8 Å². The van der Waals surface area contributed by atoms with E-state index in [-0.39, 0.29) is 23.6 Å². The number of nitrogens with zero attached hydrogens (tertiary/aromatic N) is 2. The second-order valence-corrected chi connectivity index (χ2v) is 14.5. The molecule has 2 heterocycles. The fourth-order valence-electron chi connectivity index (χ4n) is 5.12. The van der Waals surface area contributed by atoms with Crippen LogP contribution in [0.2, 0.25) is 5.04 Å². The van der Waals surface area contributed by atoms with Gasteiger partial charge in [0.05, 0.1) is 37.1 Å². The molecule has 3 aromatic rings. The van der Waals surface area contributed by atoms with Crippen LogP contribution in [0.1, 0.15) is 36.8 Å². The van der Waals surface area contributed by atoms with Crippen LogP contribution in [0.5, 0.6) is 0 Å². The number of ether oxygens (including phenoxy) is 1. The average Bonchev–Trinajstić information content (AvgIpc) is 2.91. The lowest BCUT2D eigenvalue weighted by atomic mass is 10.1. The third-order valence-electron chi connectivity index (χ3n) is 6.89. The van der Waals surface area contributed by atoms with Crippen molar-refractivity contribution in [2.45, 2.75) is 38.3 Å². The van der Waals surface area contributed by atoms with Crippen molar-refractivity contribution < 1.29 is 19.1 Å². The molecule has 1 amide bonds. The Morgan fingerprint density at radius 1 is 1.06 bits per heavy atom. The largest absolute Gasteiger partial charge is 0.407 e. The molecule has 4 rings (SSSR count). The van der Waals surface area contributed by atoms with Crippen molar-refractivity contribution >= 4 is 24.6 Å². The van der Waals surface area contributed by atoms with Gasteiger partial charge in [0.2, 0.25) is 0 Å². The zero-order chi connectivity index (χ0) is 25.6. The van der Waals surface area contributed by atoms with Gasteiger partial charge in [-0.2, -0.15) is 0 Å². The molecule has 190 valence electrons. The van der Waals surface area contributed by atoms with Crippen molar-refractivity contribution in [2.75, 3.05) is 33.0 Å². The van der Waals surface area contributed by atoms with E-state index in [1.54, 1.807) is 17.2 Å². The quantitative estimate of drug-likeness (QED) is 0.478. The number of carbonyl (C=O) groups excluding carboxylic acids is 1. The summed E-state index contributed by atoms with van der Waals surface area (Å²) in [6, 6.07) is 24.3. The smallest absolute Gasteiger partial charge is 0.261 e. The Balaban J connectivity index is 1.62. The van der Waals surface area contributed by atoms with Gasteiger partial charge in [-0.05, 0) is 27.5 Å². The SMILES string of the molecule is CC(C)(C)[Si](OCCc1ncccc1C(=O)N1CCOC[C@H]1CO)(c1ccccc1)c1ccccc1. The van der Waals surface area contributed by atoms with Gasteiger partial charge in [-0.1, -0.05) is 81.4 Å². The number of benzene rings is 2. The molecule has 1 aliphatic heterocycles. The van der Waals surface area contributed by atoms with Gasteiger partial charge < -0.3 is 19.2 Å².